The molecule has 1 N–H and O–H groups in total. The fraction of sp³-hybridized carbons (Fsp3) is 0.786. The fourth-order valence-corrected chi connectivity index (χ4v) is 5.88. The zero-order chi connectivity index (χ0) is 12.2. The van der Waals surface area contributed by atoms with Gasteiger partial charge in [-0.05, 0) is 56.3 Å². The number of rotatable bonds is 3. The summed E-state index contributed by atoms with van der Waals surface area (Å²) in [5.74, 6) is 3.02. The van der Waals surface area contributed by atoms with Crippen LogP contribution < -0.4 is 5.32 Å². The van der Waals surface area contributed by atoms with Crippen LogP contribution in [-0.2, 0) is 6.54 Å². The van der Waals surface area contributed by atoms with E-state index in [2.05, 4.69) is 10.3 Å². The summed E-state index contributed by atoms with van der Waals surface area (Å²) in [6.07, 6.45) is 10.7. The van der Waals surface area contributed by atoms with Crippen LogP contribution in [0.1, 0.15) is 43.4 Å². The van der Waals surface area contributed by atoms with Crippen LogP contribution in [0.2, 0.25) is 4.47 Å². The molecule has 4 aliphatic carbocycles. The molecule has 1 aromatic rings. The number of halogens is 1. The van der Waals surface area contributed by atoms with E-state index in [1.165, 1.54) is 43.4 Å². The summed E-state index contributed by atoms with van der Waals surface area (Å²) in [5.41, 5.74) is 0.450. The molecule has 98 valence electrons. The molecule has 0 radical (unpaired) electrons. The van der Waals surface area contributed by atoms with Crippen molar-refractivity contribution in [2.24, 2.45) is 17.8 Å². The topological polar surface area (TPSA) is 24.9 Å². The molecule has 4 heteroatoms. The van der Waals surface area contributed by atoms with E-state index in [1.807, 2.05) is 6.20 Å². The summed E-state index contributed by atoms with van der Waals surface area (Å²) in [6.45, 7) is 0.955. The first-order valence-electron chi connectivity index (χ1n) is 7.06. The lowest BCUT2D eigenvalue weighted by Crippen LogP contribution is -2.58. The van der Waals surface area contributed by atoms with Crippen molar-refractivity contribution in [1.82, 2.24) is 10.3 Å². The molecule has 0 amide bonds. The maximum absolute atomic E-state index is 5.89. The van der Waals surface area contributed by atoms with E-state index >= 15 is 0 Å². The van der Waals surface area contributed by atoms with Crippen LogP contribution in [-0.4, -0.2) is 10.5 Å². The number of aromatic nitrogens is 1. The molecule has 4 bridgehead atoms. The van der Waals surface area contributed by atoms with E-state index < -0.39 is 0 Å². The average Bonchev–Trinajstić information content (AvgIpc) is 2.71. The Morgan fingerprint density at radius 2 is 1.83 bits per heavy atom. The second kappa shape index (κ2) is 4.19. The minimum absolute atomic E-state index is 0.450. The molecule has 0 aliphatic heterocycles. The standard InChI is InChI=1S/C14H19ClN2S/c15-13-16-7-12(18-13)8-17-14-4-9-1-10(5-14)3-11(2-9)6-14/h7,9-11,17H,1-6,8H2. The second-order valence-corrected chi connectivity index (χ2v) is 8.33. The predicted octanol–water partition coefficient (Wildman–Crippen LogP) is 3.85. The molecule has 1 aromatic heterocycles. The van der Waals surface area contributed by atoms with Crippen LogP contribution in [0, 0.1) is 17.8 Å². The number of nitrogens with one attached hydrogen (secondary N) is 1. The van der Waals surface area contributed by atoms with Crippen molar-refractivity contribution in [3.8, 4) is 0 Å². The molecule has 0 aromatic carbocycles. The summed E-state index contributed by atoms with van der Waals surface area (Å²) < 4.78 is 0.664. The SMILES string of the molecule is Clc1ncc(CNC23CC4CC(CC(C4)C2)C3)s1. The lowest BCUT2D eigenvalue weighted by molar-refractivity contribution is -0.0204. The largest absolute Gasteiger partial charge is 0.306 e. The molecule has 0 spiro atoms. The van der Waals surface area contributed by atoms with Crippen molar-refractivity contribution in [3.05, 3.63) is 15.5 Å². The maximum atomic E-state index is 5.89. The smallest absolute Gasteiger partial charge is 0.183 e. The minimum atomic E-state index is 0.450. The number of nitrogens with zero attached hydrogens (tertiary/aromatic N) is 1. The summed E-state index contributed by atoms with van der Waals surface area (Å²) in [4.78, 5) is 5.40. The Morgan fingerprint density at radius 3 is 2.33 bits per heavy atom. The van der Waals surface area contributed by atoms with Gasteiger partial charge >= 0.3 is 0 Å². The van der Waals surface area contributed by atoms with E-state index in [0.717, 1.165) is 24.3 Å². The Balaban J connectivity index is 1.47. The van der Waals surface area contributed by atoms with Crippen molar-refractivity contribution in [2.45, 2.75) is 50.6 Å². The molecule has 0 unspecified atom stereocenters. The van der Waals surface area contributed by atoms with Gasteiger partial charge in [0.05, 0.1) is 0 Å². The van der Waals surface area contributed by atoms with Gasteiger partial charge in [0.25, 0.3) is 0 Å². The van der Waals surface area contributed by atoms with Crippen molar-refractivity contribution in [1.29, 1.82) is 0 Å². The molecule has 1 heterocycles. The first-order valence-corrected chi connectivity index (χ1v) is 8.25. The van der Waals surface area contributed by atoms with E-state index in [9.17, 15) is 0 Å². The van der Waals surface area contributed by atoms with Gasteiger partial charge in [0.1, 0.15) is 0 Å². The van der Waals surface area contributed by atoms with Gasteiger partial charge in [0.15, 0.2) is 4.47 Å². The Bertz CT molecular complexity index is 421. The van der Waals surface area contributed by atoms with E-state index in [0.29, 0.717) is 10.0 Å². The Labute approximate surface area is 117 Å². The van der Waals surface area contributed by atoms with E-state index in [1.54, 1.807) is 11.3 Å². The summed E-state index contributed by atoms with van der Waals surface area (Å²) in [6, 6.07) is 0. The lowest BCUT2D eigenvalue weighted by atomic mass is 9.53. The van der Waals surface area contributed by atoms with Crippen LogP contribution >= 0.6 is 22.9 Å². The van der Waals surface area contributed by atoms with E-state index in [-0.39, 0.29) is 0 Å². The van der Waals surface area contributed by atoms with E-state index in [4.69, 9.17) is 11.6 Å². The highest BCUT2D eigenvalue weighted by Crippen LogP contribution is 2.55. The normalized spacial score (nSPS) is 41.5. The molecule has 18 heavy (non-hydrogen) atoms. The van der Waals surface area contributed by atoms with Crippen LogP contribution in [0.3, 0.4) is 0 Å². The van der Waals surface area contributed by atoms with Gasteiger partial charge in [-0.2, -0.15) is 0 Å². The van der Waals surface area contributed by atoms with Crippen LogP contribution in [0.4, 0.5) is 0 Å². The Kier molecular flexibility index (Phi) is 2.72. The van der Waals surface area contributed by atoms with Gasteiger partial charge in [-0.25, -0.2) is 4.98 Å². The highest BCUT2D eigenvalue weighted by atomic mass is 35.5. The van der Waals surface area contributed by atoms with Crippen molar-refractivity contribution < 1.29 is 0 Å². The number of hydrogen-bond donors (Lipinski definition) is 1. The fourth-order valence-electron chi connectivity index (χ4n) is 4.97. The quantitative estimate of drug-likeness (QED) is 0.911. The molecule has 0 atom stereocenters. The molecule has 5 rings (SSSR count). The zero-order valence-electron chi connectivity index (χ0n) is 10.5. The highest BCUT2D eigenvalue weighted by Gasteiger charge is 2.50. The molecule has 0 saturated heterocycles. The molecular weight excluding hydrogens is 264 g/mol. The summed E-state index contributed by atoms with van der Waals surface area (Å²) in [7, 11) is 0. The van der Waals surface area contributed by atoms with Gasteiger partial charge in [-0.15, -0.1) is 11.3 Å². The third-order valence-electron chi connectivity index (χ3n) is 5.20. The van der Waals surface area contributed by atoms with Crippen molar-refractivity contribution in [2.75, 3.05) is 0 Å². The Hall–Kier alpha value is -0.120. The monoisotopic (exact) mass is 282 g/mol. The van der Waals surface area contributed by atoms with Gasteiger partial charge in [0.2, 0.25) is 0 Å². The van der Waals surface area contributed by atoms with Gasteiger partial charge in [-0.3, -0.25) is 0 Å². The zero-order valence-corrected chi connectivity index (χ0v) is 12.1. The first kappa shape index (κ1) is 11.7. The average molecular weight is 283 g/mol. The van der Waals surface area contributed by atoms with Crippen LogP contribution in [0.5, 0.6) is 0 Å². The third kappa shape index (κ3) is 2.00. The molecular formula is C14H19ClN2S. The predicted molar refractivity (Wildman–Crippen MR) is 74.9 cm³/mol. The summed E-state index contributed by atoms with van der Waals surface area (Å²) >= 11 is 7.50. The van der Waals surface area contributed by atoms with Gasteiger partial charge in [0, 0.05) is 23.2 Å². The number of hydrogen-bond acceptors (Lipinski definition) is 3. The van der Waals surface area contributed by atoms with Crippen molar-refractivity contribution in [3.63, 3.8) is 0 Å². The molecule has 2 nitrogen and oxygen atoms in total. The first-order chi connectivity index (χ1) is 8.71. The summed E-state index contributed by atoms with van der Waals surface area (Å²) in [5, 5.41) is 3.87. The maximum Gasteiger partial charge on any atom is 0.183 e. The second-order valence-electron chi connectivity index (χ2n) is 6.63. The third-order valence-corrected chi connectivity index (χ3v) is 6.32. The molecule has 4 aliphatic rings. The Morgan fingerprint density at radius 1 is 1.22 bits per heavy atom. The van der Waals surface area contributed by atoms with Crippen molar-refractivity contribution >= 4 is 22.9 Å². The van der Waals surface area contributed by atoms with Crippen LogP contribution in [0.25, 0.3) is 0 Å². The highest BCUT2D eigenvalue weighted by molar-refractivity contribution is 7.15. The molecule has 4 fully saturated rings. The molecule has 4 saturated carbocycles. The minimum Gasteiger partial charge on any atom is -0.306 e. The van der Waals surface area contributed by atoms with Gasteiger partial charge < -0.3 is 5.32 Å². The number of thiazole rings is 1. The lowest BCUT2D eigenvalue weighted by Gasteiger charge is -2.57. The van der Waals surface area contributed by atoms with Gasteiger partial charge in [-0.1, -0.05) is 11.6 Å². The van der Waals surface area contributed by atoms with Crippen LogP contribution in [0.15, 0.2) is 6.20 Å².